The second-order valence-electron chi connectivity index (χ2n) is 4.93. The van der Waals surface area contributed by atoms with Crippen molar-refractivity contribution in [1.29, 1.82) is 0 Å². The number of methoxy groups -OCH3 is 1. The van der Waals surface area contributed by atoms with E-state index in [0.717, 1.165) is 17.1 Å². The lowest BCUT2D eigenvalue weighted by molar-refractivity contribution is 0.273. The van der Waals surface area contributed by atoms with E-state index in [-0.39, 0.29) is 6.04 Å². The fraction of sp³-hybridized carbons (Fsp3) is 0.294. The Bertz CT molecular complexity index is 581. The molecule has 0 aromatic heterocycles. The molecule has 1 atom stereocenters. The van der Waals surface area contributed by atoms with Gasteiger partial charge in [-0.3, -0.25) is 0 Å². The Labute approximate surface area is 120 Å². The Morgan fingerprint density at radius 1 is 1.05 bits per heavy atom. The average Bonchev–Trinajstić information content (AvgIpc) is 2.45. The van der Waals surface area contributed by atoms with Crippen LogP contribution in [0.3, 0.4) is 0 Å². The van der Waals surface area contributed by atoms with Gasteiger partial charge in [0.05, 0.1) is 13.2 Å². The van der Waals surface area contributed by atoms with Crippen molar-refractivity contribution >= 4 is 0 Å². The van der Waals surface area contributed by atoms with Crippen molar-refractivity contribution in [3.05, 3.63) is 59.2 Å². The molecule has 0 aliphatic heterocycles. The highest BCUT2D eigenvalue weighted by Gasteiger charge is 2.11. The molecule has 0 amide bonds. The number of rotatable bonds is 5. The van der Waals surface area contributed by atoms with Gasteiger partial charge in [0.15, 0.2) is 11.5 Å². The predicted molar refractivity (Wildman–Crippen MR) is 81.3 cm³/mol. The molecule has 0 aliphatic rings. The fourth-order valence-electron chi connectivity index (χ4n) is 2.25. The molecule has 1 unspecified atom stereocenters. The zero-order chi connectivity index (χ0) is 14.5. The molecule has 2 aromatic rings. The van der Waals surface area contributed by atoms with Crippen LogP contribution in [-0.2, 0) is 0 Å². The molecule has 0 heterocycles. The maximum Gasteiger partial charge on any atom is 0.161 e. The lowest BCUT2D eigenvalue weighted by Crippen LogP contribution is -2.20. The molecule has 0 spiro atoms. The Morgan fingerprint density at radius 2 is 1.75 bits per heavy atom. The first kappa shape index (κ1) is 14.4. The minimum atomic E-state index is -0.152. The van der Waals surface area contributed by atoms with Crippen molar-refractivity contribution < 1.29 is 9.47 Å². The Kier molecular flexibility index (Phi) is 4.64. The van der Waals surface area contributed by atoms with E-state index in [1.807, 2.05) is 24.3 Å². The second-order valence-corrected chi connectivity index (χ2v) is 4.93. The first-order valence-corrected chi connectivity index (χ1v) is 6.70. The summed E-state index contributed by atoms with van der Waals surface area (Å²) >= 11 is 0. The zero-order valence-electron chi connectivity index (χ0n) is 12.2. The van der Waals surface area contributed by atoms with Crippen LogP contribution in [0.5, 0.6) is 11.5 Å². The molecule has 0 saturated carbocycles. The van der Waals surface area contributed by atoms with Crippen molar-refractivity contribution in [2.75, 3.05) is 13.7 Å². The predicted octanol–water partition coefficient (Wildman–Crippen LogP) is 3.39. The van der Waals surface area contributed by atoms with Crippen LogP contribution < -0.4 is 15.2 Å². The van der Waals surface area contributed by atoms with E-state index >= 15 is 0 Å². The van der Waals surface area contributed by atoms with Crippen molar-refractivity contribution in [2.24, 2.45) is 5.73 Å². The summed E-state index contributed by atoms with van der Waals surface area (Å²) in [5, 5.41) is 0. The van der Waals surface area contributed by atoms with Crippen LogP contribution in [0.25, 0.3) is 0 Å². The summed E-state index contributed by atoms with van der Waals surface area (Å²) in [5.74, 6) is 1.44. The van der Waals surface area contributed by atoms with Crippen molar-refractivity contribution in [3.63, 3.8) is 0 Å². The highest BCUT2D eigenvalue weighted by molar-refractivity contribution is 5.39. The molecule has 106 valence electrons. The van der Waals surface area contributed by atoms with Crippen LogP contribution in [0.2, 0.25) is 0 Å². The van der Waals surface area contributed by atoms with E-state index in [0.29, 0.717) is 6.61 Å². The van der Waals surface area contributed by atoms with E-state index in [1.165, 1.54) is 11.1 Å². The van der Waals surface area contributed by atoms with Crippen LogP contribution in [-0.4, -0.2) is 13.7 Å². The van der Waals surface area contributed by atoms with Crippen LogP contribution in [0.15, 0.2) is 42.5 Å². The molecule has 0 saturated heterocycles. The summed E-state index contributed by atoms with van der Waals surface area (Å²) in [4.78, 5) is 0. The first-order chi connectivity index (χ1) is 9.61. The molecular formula is C17H21NO2. The monoisotopic (exact) mass is 271 g/mol. The lowest BCUT2D eigenvalue weighted by atomic mass is 10.0. The van der Waals surface area contributed by atoms with Gasteiger partial charge in [-0.15, -0.1) is 0 Å². The molecule has 3 nitrogen and oxygen atoms in total. The lowest BCUT2D eigenvalue weighted by Gasteiger charge is -2.17. The van der Waals surface area contributed by atoms with Gasteiger partial charge in [0.2, 0.25) is 0 Å². The van der Waals surface area contributed by atoms with Gasteiger partial charge in [0, 0.05) is 0 Å². The van der Waals surface area contributed by atoms with Crippen LogP contribution in [0.4, 0.5) is 0 Å². The fourth-order valence-corrected chi connectivity index (χ4v) is 2.25. The minimum Gasteiger partial charge on any atom is -0.493 e. The van der Waals surface area contributed by atoms with Gasteiger partial charge in [-0.05, 0) is 37.1 Å². The average molecular weight is 271 g/mol. The number of ether oxygens (including phenoxy) is 2. The second kappa shape index (κ2) is 6.44. The standard InChI is InChI=1S/C17H21NO2/c1-12-8-9-14(13(2)10-12)15(18)11-20-17-7-5-4-6-16(17)19-3/h4-10,15H,11,18H2,1-3H3. The Hall–Kier alpha value is -2.00. The molecule has 20 heavy (non-hydrogen) atoms. The van der Waals surface area contributed by atoms with E-state index in [2.05, 4.69) is 32.0 Å². The molecular weight excluding hydrogens is 250 g/mol. The van der Waals surface area contributed by atoms with Crippen LogP contribution in [0, 0.1) is 13.8 Å². The zero-order valence-corrected chi connectivity index (χ0v) is 12.2. The highest BCUT2D eigenvalue weighted by atomic mass is 16.5. The smallest absolute Gasteiger partial charge is 0.161 e. The maximum atomic E-state index is 6.22. The van der Waals surface area contributed by atoms with Crippen LogP contribution >= 0.6 is 0 Å². The molecule has 0 fully saturated rings. The highest BCUT2D eigenvalue weighted by Crippen LogP contribution is 2.27. The molecule has 0 aliphatic carbocycles. The summed E-state index contributed by atoms with van der Waals surface area (Å²) in [6.07, 6.45) is 0. The van der Waals surface area contributed by atoms with Gasteiger partial charge in [0.1, 0.15) is 6.61 Å². The van der Waals surface area contributed by atoms with E-state index < -0.39 is 0 Å². The molecule has 0 bridgehead atoms. The van der Waals surface area contributed by atoms with E-state index in [1.54, 1.807) is 7.11 Å². The number of nitrogens with two attached hydrogens (primary N) is 1. The molecule has 3 heteroatoms. The third-order valence-electron chi connectivity index (χ3n) is 3.31. The van der Waals surface area contributed by atoms with E-state index in [9.17, 15) is 0 Å². The molecule has 2 N–H and O–H groups in total. The number of hydrogen-bond acceptors (Lipinski definition) is 3. The maximum absolute atomic E-state index is 6.22. The summed E-state index contributed by atoms with van der Waals surface area (Å²) in [6, 6.07) is 13.7. The van der Waals surface area contributed by atoms with E-state index in [4.69, 9.17) is 15.2 Å². The SMILES string of the molecule is COc1ccccc1OCC(N)c1ccc(C)cc1C. The quantitative estimate of drug-likeness (QED) is 0.906. The van der Waals surface area contributed by atoms with Crippen LogP contribution in [0.1, 0.15) is 22.7 Å². The molecule has 0 radical (unpaired) electrons. The third-order valence-corrected chi connectivity index (χ3v) is 3.31. The van der Waals surface area contributed by atoms with Crippen molar-refractivity contribution in [2.45, 2.75) is 19.9 Å². The number of para-hydroxylation sites is 2. The van der Waals surface area contributed by atoms with Gasteiger partial charge in [-0.2, -0.15) is 0 Å². The Balaban J connectivity index is 2.06. The number of benzene rings is 2. The largest absolute Gasteiger partial charge is 0.493 e. The van der Waals surface area contributed by atoms with Gasteiger partial charge >= 0.3 is 0 Å². The number of aryl methyl sites for hydroxylation is 2. The normalized spacial score (nSPS) is 12.0. The van der Waals surface area contributed by atoms with Gasteiger partial charge in [0.25, 0.3) is 0 Å². The summed E-state index contributed by atoms with van der Waals surface area (Å²) in [6.45, 7) is 4.57. The van der Waals surface area contributed by atoms with Gasteiger partial charge in [-0.25, -0.2) is 0 Å². The summed E-state index contributed by atoms with van der Waals surface area (Å²) in [7, 11) is 1.63. The van der Waals surface area contributed by atoms with Crippen molar-refractivity contribution in [3.8, 4) is 11.5 Å². The molecule has 2 rings (SSSR count). The van der Waals surface area contributed by atoms with Gasteiger partial charge < -0.3 is 15.2 Å². The topological polar surface area (TPSA) is 44.5 Å². The van der Waals surface area contributed by atoms with Crippen molar-refractivity contribution in [1.82, 2.24) is 0 Å². The molecule has 2 aromatic carbocycles. The number of hydrogen-bond donors (Lipinski definition) is 1. The van der Waals surface area contributed by atoms with Gasteiger partial charge in [-0.1, -0.05) is 35.9 Å². The third kappa shape index (κ3) is 3.31. The minimum absolute atomic E-state index is 0.152. The first-order valence-electron chi connectivity index (χ1n) is 6.70. The summed E-state index contributed by atoms with van der Waals surface area (Å²) < 4.78 is 11.0. The summed E-state index contributed by atoms with van der Waals surface area (Å²) in [5.41, 5.74) is 9.77. The Morgan fingerprint density at radius 3 is 2.40 bits per heavy atom.